The molecule has 0 unspecified atom stereocenters. The van der Waals surface area contributed by atoms with Crippen LogP contribution in [0.1, 0.15) is 48.1 Å². The van der Waals surface area contributed by atoms with Gasteiger partial charge < -0.3 is 25.4 Å². The highest BCUT2D eigenvalue weighted by molar-refractivity contribution is 7.13. The topological polar surface area (TPSA) is 149 Å². The minimum Gasteiger partial charge on any atom is -0.444 e. The SMILES string of the molecule is Cc1ccc(C(=O)Nc2ccc(OC(N)=O)c(CCc3csc(NC(=O)OC(C)(C)C)n3)c2)c(N(C)C)n1. The van der Waals surface area contributed by atoms with E-state index in [-0.39, 0.29) is 11.7 Å². The molecule has 0 saturated heterocycles. The van der Waals surface area contributed by atoms with Crippen LogP contribution < -0.4 is 26.0 Å². The largest absolute Gasteiger partial charge is 0.444 e. The van der Waals surface area contributed by atoms with E-state index in [1.165, 1.54) is 11.3 Å². The van der Waals surface area contributed by atoms with Crippen LogP contribution in [0.5, 0.6) is 5.75 Å². The van der Waals surface area contributed by atoms with Crippen LogP contribution in [0.25, 0.3) is 0 Å². The Hall–Kier alpha value is -4.19. The van der Waals surface area contributed by atoms with Crippen LogP contribution in [-0.4, -0.2) is 47.8 Å². The maximum Gasteiger partial charge on any atom is 0.413 e. The zero-order valence-electron chi connectivity index (χ0n) is 22.2. The number of thiazole rings is 1. The lowest BCUT2D eigenvalue weighted by atomic mass is 10.1. The molecule has 11 nitrogen and oxygen atoms in total. The fourth-order valence-electron chi connectivity index (χ4n) is 3.45. The van der Waals surface area contributed by atoms with Gasteiger partial charge in [-0.05, 0) is 76.4 Å². The summed E-state index contributed by atoms with van der Waals surface area (Å²) in [5.74, 6) is 0.507. The number of aromatic nitrogens is 2. The van der Waals surface area contributed by atoms with Crippen molar-refractivity contribution < 1.29 is 23.9 Å². The number of nitrogens with one attached hydrogen (secondary N) is 2. The van der Waals surface area contributed by atoms with Gasteiger partial charge in [-0.25, -0.2) is 19.6 Å². The van der Waals surface area contributed by atoms with E-state index >= 15 is 0 Å². The molecule has 0 saturated carbocycles. The number of carbonyl (C=O) groups is 3. The van der Waals surface area contributed by atoms with Crippen molar-refractivity contribution in [2.24, 2.45) is 5.73 Å². The van der Waals surface area contributed by atoms with Gasteiger partial charge >= 0.3 is 12.2 Å². The van der Waals surface area contributed by atoms with Gasteiger partial charge in [0.15, 0.2) is 5.13 Å². The lowest BCUT2D eigenvalue weighted by molar-refractivity contribution is 0.0635. The molecule has 2 aromatic heterocycles. The number of nitrogens with zero attached hydrogens (tertiary/aromatic N) is 3. The van der Waals surface area contributed by atoms with Crippen LogP contribution in [0.2, 0.25) is 0 Å². The first kappa shape index (κ1) is 28.4. The Morgan fingerprint density at radius 1 is 1.05 bits per heavy atom. The van der Waals surface area contributed by atoms with Crippen molar-refractivity contribution in [3.05, 3.63) is 58.2 Å². The van der Waals surface area contributed by atoms with Gasteiger partial charge in [-0.3, -0.25) is 10.1 Å². The third-order valence-electron chi connectivity index (χ3n) is 5.02. The summed E-state index contributed by atoms with van der Waals surface area (Å²) in [5, 5.41) is 7.73. The second-order valence-electron chi connectivity index (χ2n) is 9.69. The molecule has 2 heterocycles. The summed E-state index contributed by atoms with van der Waals surface area (Å²) in [6.45, 7) is 7.19. The van der Waals surface area contributed by atoms with Gasteiger partial charge in [-0.1, -0.05) is 0 Å². The number of aryl methyl sites for hydroxylation is 3. The first-order valence-electron chi connectivity index (χ1n) is 11.8. The Kier molecular flexibility index (Phi) is 8.89. The number of benzene rings is 1. The third-order valence-corrected chi connectivity index (χ3v) is 5.83. The van der Waals surface area contributed by atoms with E-state index in [1.807, 2.05) is 26.4 Å². The summed E-state index contributed by atoms with van der Waals surface area (Å²) >= 11 is 1.27. The van der Waals surface area contributed by atoms with Gasteiger partial charge in [-0.15, -0.1) is 11.3 Å². The second-order valence-corrected chi connectivity index (χ2v) is 10.5. The molecule has 0 aliphatic heterocycles. The van der Waals surface area contributed by atoms with E-state index in [4.69, 9.17) is 15.2 Å². The van der Waals surface area contributed by atoms with Gasteiger partial charge in [-0.2, -0.15) is 0 Å². The number of primary amides is 1. The molecule has 0 bridgehead atoms. The van der Waals surface area contributed by atoms with Gasteiger partial charge in [0.25, 0.3) is 5.91 Å². The fourth-order valence-corrected chi connectivity index (χ4v) is 4.18. The third kappa shape index (κ3) is 8.17. The average Bonchev–Trinajstić information content (AvgIpc) is 3.24. The van der Waals surface area contributed by atoms with Crippen LogP contribution in [0.3, 0.4) is 0 Å². The monoisotopic (exact) mass is 540 g/mol. The molecule has 3 amide bonds. The van der Waals surface area contributed by atoms with Gasteiger partial charge in [0.2, 0.25) is 0 Å². The van der Waals surface area contributed by atoms with E-state index in [0.29, 0.717) is 40.6 Å². The Balaban J connectivity index is 1.75. The lowest BCUT2D eigenvalue weighted by Crippen LogP contribution is -2.27. The van der Waals surface area contributed by atoms with Crippen LogP contribution >= 0.6 is 11.3 Å². The number of carbonyl (C=O) groups excluding carboxylic acids is 3. The van der Waals surface area contributed by atoms with E-state index in [2.05, 4.69) is 20.6 Å². The molecule has 202 valence electrons. The smallest absolute Gasteiger partial charge is 0.413 e. The number of pyridine rings is 1. The fraction of sp³-hybridized carbons (Fsp3) is 0.346. The highest BCUT2D eigenvalue weighted by atomic mass is 32.1. The lowest BCUT2D eigenvalue weighted by Gasteiger charge is -2.18. The molecule has 0 fully saturated rings. The van der Waals surface area contributed by atoms with Crippen molar-refractivity contribution in [1.29, 1.82) is 0 Å². The van der Waals surface area contributed by atoms with E-state index in [9.17, 15) is 14.4 Å². The van der Waals surface area contributed by atoms with Gasteiger partial charge in [0.05, 0.1) is 11.3 Å². The molecule has 1 aromatic carbocycles. The molecule has 38 heavy (non-hydrogen) atoms. The maximum absolute atomic E-state index is 13.0. The van der Waals surface area contributed by atoms with Crippen LogP contribution in [0, 0.1) is 6.92 Å². The summed E-state index contributed by atoms with van der Waals surface area (Å²) < 4.78 is 10.4. The molecular formula is C26H32N6O5S. The molecule has 0 spiro atoms. The predicted octanol–water partition coefficient (Wildman–Crippen LogP) is 4.75. The minimum atomic E-state index is -0.943. The van der Waals surface area contributed by atoms with E-state index in [1.54, 1.807) is 56.0 Å². The minimum absolute atomic E-state index is 0.281. The zero-order valence-corrected chi connectivity index (χ0v) is 23.1. The maximum atomic E-state index is 13.0. The van der Waals surface area contributed by atoms with Crippen molar-refractivity contribution >= 4 is 46.1 Å². The summed E-state index contributed by atoms with van der Waals surface area (Å²) in [6.07, 6.45) is -0.620. The molecule has 0 atom stereocenters. The quantitative estimate of drug-likeness (QED) is 0.370. The van der Waals surface area contributed by atoms with E-state index in [0.717, 1.165) is 11.4 Å². The van der Waals surface area contributed by atoms with E-state index < -0.39 is 17.8 Å². The zero-order chi connectivity index (χ0) is 28.0. The number of ether oxygens (including phenoxy) is 2. The van der Waals surface area contributed by atoms with Crippen molar-refractivity contribution in [3.63, 3.8) is 0 Å². The van der Waals surface area contributed by atoms with Crippen LogP contribution in [0.15, 0.2) is 35.7 Å². The van der Waals surface area contributed by atoms with Gasteiger partial charge in [0, 0.05) is 30.9 Å². The Labute approximate surface area is 225 Å². The number of hydrogen-bond acceptors (Lipinski definition) is 9. The summed E-state index contributed by atoms with van der Waals surface area (Å²) in [7, 11) is 3.64. The first-order chi connectivity index (χ1) is 17.8. The Bertz CT molecular complexity index is 1330. The van der Waals surface area contributed by atoms with Crippen molar-refractivity contribution in [1.82, 2.24) is 9.97 Å². The molecule has 0 aliphatic carbocycles. The van der Waals surface area contributed by atoms with Crippen molar-refractivity contribution in [3.8, 4) is 5.75 Å². The molecule has 3 aromatic rings. The number of amides is 3. The summed E-state index contributed by atoms with van der Waals surface area (Å²) in [6, 6.07) is 8.43. The molecule has 0 radical (unpaired) electrons. The second kappa shape index (κ2) is 11.9. The van der Waals surface area contributed by atoms with Crippen LogP contribution in [0.4, 0.5) is 26.2 Å². The van der Waals surface area contributed by atoms with Gasteiger partial charge in [0.1, 0.15) is 17.2 Å². The average molecular weight is 541 g/mol. The molecule has 3 rings (SSSR count). The predicted molar refractivity (Wildman–Crippen MR) is 147 cm³/mol. The number of rotatable bonds is 8. The number of hydrogen-bond donors (Lipinski definition) is 3. The van der Waals surface area contributed by atoms with Crippen molar-refractivity contribution in [2.75, 3.05) is 29.6 Å². The number of anilines is 3. The standard InChI is InChI=1S/C26H32N6O5S/c1-15-7-11-19(21(28-15)32(5)6)22(33)29-17-10-12-20(36-23(27)34)16(13-17)8-9-18-14-38-24(30-18)31-25(35)37-26(2,3)4/h7,10-14H,8-9H2,1-6H3,(H2,27,34)(H,29,33)(H,30,31,35). The summed E-state index contributed by atoms with van der Waals surface area (Å²) in [5.41, 5.74) is 7.72. The number of nitrogens with two attached hydrogens (primary N) is 1. The Morgan fingerprint density at radius 2 is 1.79 bits per heavy atom. The molecule has 4 N–H and O–H groups in total. The molecule has 12 heteroatoms. The molecule has 0 aliphatic rings. The first-order valence-corrected chi connectivity index (χ1v) is 12.7. The van der Waals surface area contributed by atoms with Crippen molar-refractivity contribution in [2.45, 2.75) is 46.1 Å². The van der Waals surface area contributed by atoms with Crippen LogP contribution in [-0.2, 0) is 17.6 Å². The Morgan fingerprint density at radius 3 is 2.45 bits per heavy atom. The summed E-state index contributed by atoms with van der Waals surface area (Å²) in [4.78, 5) is 47.1. The molecular weight excluding hydrogens is 508 g/mol. The highest BCUT2D eigenvalue weighted by Gasteiger charge is 2.18. The normalized spacial score (nSPS) is 11.0. The highest BCUT2D eigenvalue weighted by Crippen LogP contribution is 2.27.